The first-order valence-corrected chi connectivity index (χ1v) is 9.87. The minimum absolute atomic E-state index is 0.0814. The highest BCUT2D eigenvalue weighted by Gasteiger charge is 2.17. The number of pyridine rings is 1. The number of ether oxygens (including phenoxy) is 1. The summed E-state index contributed by atoms with van der Waals surface area (Å²) in [6.45, 7) is 1.95. The second-order valence-electron chi connectivity index (χ2n) is 7.40. The van der Waals surface area contributed by atoms with Gasteiger partial charge in [0.2, 0.25) is 5.91 Å². The highest BCUT2D eigenvalue weighted by molar-refractivity contribution is 5.76. The quantitative estimate of drug-likeness (QED) is 0.622. The minimum atomic E-state index is -2.87. The molecule has 1 aliphatic rings. The van der Waals surface area contributed by atoms with Gasteiger partial charge in [-0.1, -0.05) is 24.3 Å². The third kappa shape index (κ3) is 4.06. The maximum Gasteiger partial charge on any atom is 0.387 e. The number of alkyl halides is 2. The van der Waals surface area contributed by atoms with Gasteiger partial charge < -0.3 is 14.0 Å². The zero-order valence-electron chi connectivity index (χ0n) is 16.9. The van der Waals surface area contributed by atoms with Gasteiger partial charge in [0.1, 0.15) is 11.4 Å². The zero-order valence-corrected chi connectivity index (χ0v) is 16.9. The van der Waals surface area contributed by atoms with Crippen molar-refractivity contribution in [3.63, 3.8) is 0 Å². The Kier molecular flexibility index (Phi) is 5.53. The second-order valence-corrected chi connectivity index (χ2v) is 7.40. The van der Waals surface area contributed by atoms with Crippen LogP contribution < -0.4 is 4.74 Å². The van der Waals surface area contributed by atoms with Gasteiger partial charge >= 0.3 is 6.61 Å². The van der Waals surface area contributed by atoms with Crippen LogP contribution >= 0.6 is 0 Å². The number of aromatic nitrogens is 2. The van der Waals surface area contributed by atoms with E-state index in [0.29, 0.717) is 25.1 Å². The van der Waals surface area contributed by atoms with Crippen LogP contribution in [-0.4, -0.2) is 39.9 Å². The monoisotopic (exact) mass is 411 g/mol. The predicted octanol–water partition coefficient (Wildman–Crippen LogP) is 4.47. The third-order valence-electron chi connectivity index (χ3n) is 5.49. The number of aryl methyl sites for hydroxylation is 1. The lowest BCUT2D eigenvalue weighted by atomic mass is 10.0. The van der Waals surface area contributed by atoms with Crippen molar-refractivity contribution in [1.82, 2.24) is 14.3 Å². The molecule has 0 aliphatic carbocycles. The zero-order chi connectivity index (χ0) is 21.3. The number of halogens is 2. The van der Waals surface area contributed by atoms with E-state index in [-0.39, 0.29) is 11.7 Å². The first-order valence-electron chi connectivity index (χ1n) is 9.87. The molecule has 0 atom stereocenters. The summed E-state index contributed by atoms with van der Waals surface area (Å²) < 4.78 is 32.3. The van der Waals surface area contributed by atoms with Gasteiger partial charge in [0, 0.05) is 43.9 Å². The molecule has 30 heavy (non-hydrogen) atoms. The molecule has 3 heterocycles. The molecule has 1 aromatic carbocycles. The van der Waals surface area contributed by atoms with E-state index in [1.54, 1.807) is 25.1 Å². The van der Waals surface area contributed by atoms with Crippen molar-refractivity contribution in [3.8, 4) is 5.75 Å². The van der Waals surface area contributed by atoms with Crippen molar-refractivity contribution in [2.45, 2.75) is 33.3 Å². The van der Waals surface area contributed by atoms with Gasteiger partial charge in [-0.25, -0.2) is 4.98 Å². The fourth-order valence-electron chi connectivity index (χ4n) is 3.87. The molecule has 0 fully saturated rings. The van der Waals surface area contributed by atoms with Crippen molar-refractivity contribution in [3.05, 3.63) is 71.2 Å². The lowest BCUT2D eigenvalue weighted by Gasteiger charge is -2.25. The standard InChI is InChI=1S/C23H23F2N3O2/c1-15-20(13-18-5-3-4-6-21(18)30-23(24)25)28-14-19(7-8-22(28)26-15)17-9-11-27(12-10-17)16(2)29/h3-9,14,23H,10-13H2,1-2H3. The third-order valence-corrected chi connectivity index (χ3v) is 5.49. The van der Waals surface area contributed by atoms with Crippen LogP contribution in [0.5, 0.6) is 5.75 Å². The van der Waals surface area contributed by atoms with Gasteiger partial charge in [0.05, 0.1) is 5.69 Å². The van der Waals surface area contributed by atoms with Crippen molar-refractivity contribution in [1.29, 1.82) is 0 Å². The van der Waals surface area contributed by atoms with E-state index in [1.165, 1.54) is 5.57 Å². The molecule has 0 N–H and O–H groups in total. The summed E-state index contributed by atoms with van der Waals surface area (Å²) in [7, 11) is 0. The molecule has 0 spiro atoms. The molecule has 0 unspecified atom stereocenters. The lowest BCUT2D eigenvalue weighted by Crippen LogP contribution is -2.32. The first kappa shape index (κ1) is 20.1. The average molecular weight is 411 g/mol. The Bertz CT molecular complexity index is 1120. The van der Waals surface area contributed by atoms with Gasteiger partial charge in [0.15, 0.2) is 0 Å². The fraction of sp³-hybridized carbons (Fsp3) is 0.304. The number of carbonyl (C=O) groups is 1. The van der Waals surface area contributed by atoms with Crippen LogP contribution in [0.3, 0.4) is 0 Å². The van der Waals surface area contributed by atoms with E-state index in [1.807, 2.05) is 40.6 Å². The Morgan fingerprint density at radius 1 is 1.23 bits per heavy atom. The van der Waals surface area contributed by atoms with Crippen molar-refractivity contribution >= 4 is 17.1 Å². The van der Waals surface area contributed by atoms with Crippen molar-refractivity contribution in [2.75, 3.05) is 13.1 Å². The number of nitrogens with zero attached hydrogens (tertiary/aromatic N) is 3. The maximum atomic E-state index is 12.8. The van der Waals surface area contributed by atoms with E-state index in [9.17, 15) is 13.6 Å². The molecule has 0 bridgehead atoms. The molecule has 5 nitrogen and oxygen atoms in total. The number of amides is 1. The number of rotatable bonds is 5. The summed E-state index contributed by atoms with van der Waals surface area (Å²) in [6, 6.07) is 10.8. The fourth-order valence-corrected chi connectivity index (χ4v) is 3.87. The molecule has 7 heteroatoms. The number of hydrogen-bond donors (Lipinski definition) is 0. The molecule has 156 valence electrons. The Labute approximate surface area is 173 Å². The van der Waals surface area contributed by atoms with Gasteiger partial charge in [-0.2, -0.15) is 8.78 Å². The van der Waals surface area contributed by atoms with E-state index in [0.717, 1.165) is 29.0 Å². The number of carbonyl (C=O) groups excluding carboxylic acids is 1. The SMILES string of the molecule is CC(=O)N1CC=C(c2ccc3nc(C)c(Cc4ccccc4OC(F)F)n3c2)CC1. The molecule has 1 aliphatic heterocycles. The predicted molar refractivity (Wildman–Crippen MR) is 111 cm³/mol. The first-order chi connectivity index (χ1) is 14.4. The summed E-state index contributed by atoms with van der Waals surface area (Å²) in [5.41, 5.74) is 5.52. The van der Waals surface area contributed by atoms with E-state index < -0.39 is 6.61 Å². The topological polar surface area (TPSA) is 46.8 Å². The molecule has 2 aromatic heterocycles. The Balaban J connectivity index is 1.68. The van der Waals surface area contributed by atoms with Gasteiger partial charge in [-0.05, 0) is 42.7 Å². The normalized spacial score (nSPS) is 14.3. The summed E-state index contributed by atoms with van der Waals surface area (Å²) in [5, 5.41) is 0. The summed E-state index contributed by atoms with van der Waals surface area (Å²) in [6.07, 6.45) is 5.34. The Hall–Kier alpha value is -3.22. The number of fused-ring (bicyclic) bond motifs is 1. The highest BCUT2D eigenvalue weighted by atomic mass is 19.3. The highest BCUT2D eigenvalue weighted by Crippen LogP contribution is 2.27. The Morgan fingerprint density at radius 2 is 2.03 bits per heavy atom. The number of imidazole rings is 1. The van der Waals surface area contributed by atoms with Crippen LogP contribution in [0.15, 0.2) is 48.7 Å². The van der Waals surface area contributed by atoms with E-state index in [2.05, 4.69) is 15.8 Å². The summed E-state index contributed by atoms with van der Waals surface area (Å²) in [5.74, 6) is 0.260. The van der Waals surface area contributed by atoms with Crippen LogP contribution in [-0.2, 0) is 11.2 Å². The molecule has 0 saturated carbocycles. The van der Waals surface area contributed by atoms with Crippen molar-refractivity contribution < 1.29 is 18.3 Å². The molecular formula is C23H23F2N3O2. The lowest BCUT2D eigenvalue weighted by molar-refractivity contribution is -0.128. The minimum Gasteiger partial charge on any atom is -0.435 e. The number of hydrogen-bond acceptors (Lipinski definition) is 3. The Morgan fingerprint density at radius 3 is 2.73 bits per heavy atom. The van der Waals surface area contributed by atoms with Crippen LogP contribution in [0.25, 0.3) is 11.2 Å². The van der Waals surface area contributed by atoms with Crippen LogP contribution in [0.1, 0.15) is 35.9 Å². The van der Waals surface area contributed by atoms with Crippen LogP contribution in [0.4, 0.5) is 8.78 Å². The van der Waals surface area contributed by atoms with E-state index in [4.69, 9.17) is 0 Å². The van der Waals surface area contributed by atoms with Gasteiger partial charge in [-0.3, -0.25) is 4.79 Å². The van der Waals surface area contributed by atoms with Gasteiger partial charge in [-0.15, -0.1) is 0 Å². The second kappa shape index (κ2) is 8.26. The molecule has 0 saturated heterocycles. The summed E-state index contributed by atoms with van der Waals surface area (Å²) >= 11 is 0. The maximum absolute atomic E-state index is 12.8. The average Bonchev–Trinajstić information content (AvgIpc) is 3.03. The van der Waals surface area contributed by atoms with Crippen molar-refractivity contribution in [2.24, 2.45) is 0 Å². The molecule has 0 radical (unpaired) electrons. The number of para-hydroxylation sites is 1. The molecule has 3 aromatic rings. The molecule has 4 rings (SSSR count). The van der Waals surface area contributed by atoms with E-state index >= 15 is 0 Å². The summed E-state index contributed by atoms with van der Waals surface area (Å²) in [4.78, 5) is 18.0. The van der Waals surface area contributed by atoms with Crippen LogP contribution in [0.2, 0.25) is 0 Å². The molecule has 1 amide bonds. The molecular weight excluding hydrogens is 388 g/mol. The number of benzene rings is 1. The largest absolute Gasteiger partial charge is 0.435 e. The van der Waals surface area contributed by atoms with Gasteiger partial charge in [0.25, 0.3) is 0 Å². The van der Waals surface area contributed by atoms with Crippen LogP contribution in [0, 0.1) is 6.92 Å². The smallest absolute Gasteiger partial charge is 0.387 e.